The Morgan fingerprint density at radius 3 is 2.38 bits per heavy atom. The van der Waals surface area contributed by atoms with Crippen molar-refractivity contribution in [2.45, 2.75) is 86.3 Å². The number of esters is 1. The van der Waals surface area contributed by atoms with Crippen LogP contribution in [0.25, 0.3) is 0 Å². The highest BCUT2D eigenvalue weighted by Crippen LogP contribution is 2.39. The number of aromatic nitrogens is 2. The topological polar surface area (TPSA) is 121 Å². The minimum Gasteiger partial charge on any atom is -0.462 e. The first-order valence-corrected chi connectivity index (χ1v) is 14.0. The summed E-state index contributed by atoms with van der Waals surface area (Å²) in [6.45, 7) is 15.4. The van der Waals surface area contributed by atoms with E-state index in [-0.39, 0.29) is 24.7 Å². The molecule has 1 aromatic heterocycles. The van der Waals surface area contributed by atoms with Crippen LogP contribution in [0.2, 0.25) is 0 Å². The number of rotatable bonds is 10. The van der Waals surface area contributed by atoms with Gasteiger partial charge in [0, 0.05) is 18.2 Å². The van der Waals surface area contributed by atoms with E-state index < -0.39 is 38.0 Å². The van der Waals surface area contributed by atoms with Gasteiger partial charge in [0.05, 0.1) is 18.8 Å². The number of para-hydroxylation sites is 1. The maximum atomic E-state index is 12.2. The monoisotopic (exact) mass is 539 g/mol. The Kier molecular flexibility index (Phi) is 15.0. The van der Waals surface area contributed by atoms with Crippen LogP contribution < -0.4 is 20.9 Å². The van der Waals surface area contributed by atoms with Gasteiger partial charge in [0.2, 0.25) is 0 Å². The van der Waals surface area contributed by atoms with Crippen molar-refractivity contribution in [3.05, 3.63) is 63.4 Å². The molecule has 10 nitrogen and oxygen atoms in total. The zero-order chi connectivity index (χ0) is 28.0. The SMILES string of the molecule is CC.CC.CC(C)OC(=O)C(C)NP(OCC1CC(C)C(n2ccc(=O)[nH]c2=O)O1)Oc1ccccc1. The van der Waals surface area contributed by atoms with E-state index in [4.69, 9.17) is 18.5 Å². The molecule has 1 aromatic carbocycles. The molecule has 2 N–H and O–H groups in total. The van der Waals surface area contributed by atoms with Crippen molar-refractivity contribution in [3.8, 4) is 5.75 Å². The van der Waals surface area contributed by atoms with E-state index >= 15 is 0 Å². The number of aromatic amines is 1. The second-order valence-corrected chi connectivity index (χ2v) is 9.39. The normalized spacial score (nSPS) is 20.1. The lowest BCUT2D eigenvalue weighted by Gasteiger charge is -2.23. The van der Waals surface area contributed by atoms with Crippen molar-refractivity contribution in [1.82, 2.24) is 14.6 Å². The molecule has 0 amide bonds. The highest BCUT2D eigenvalue weighted by molar-refractivity contribution is 7.45. The van der Waals surface area contributed by atoms with Crippen molar-refractivity contribution >= 4 is 14.5 Å². The molecule has 1 aliphatic heterocycles. The number of hydrogen-bond acceptors (Lipinski definition) is 8. The van der Waals surface area contributed by atoms with Gasteiger partial charge in [0.25, 0.3) is 5.56 Å². The number of benzene rings is 1. The van der Waals surface area contributed by atoms with Crippen LogP contribution in [-0.4, -0.2) is 40.4 Å². The highest BCUT2D eigenvalue weighted by Gasteiger charge is 2.35. The molecule has 1 aliphatic rings. The first-order chi connectivity index (χ1) is 17.7. The van der Waals surface area contributed by atoms with Crippen molar-refractivity contribution in [2.75, 3.05) is 6.61 Å². The summed E-state index contributed by atoms with van der Waals surface area (Å²) in [5.74, 6) is 0.219. The molecule has 208 valence electrons. The van der Waals surface area contributed by atoms with Crippen LogP contribution in [0.4, 0.5) is 0 Å². The third kappa shape index (κ3) is 10.8. The number of H-pyrrole nitrogens is 1. The van der Waals surface area contributed by atoms with Crippen LogP contribution in [0.1, 0.15) is 68.0 Å². The minimum atomic E-state index is -1.69. The Bertz CT molecular complexity index is 1030. The van der Waals surface area contributed by atoms with Crippen molar-refractivity contribution in [3.63, 3.8) is 0 Å². The Morgan fingerprint density at radius 1 is 1.14 bits per heavy atom. The predicted octanol–water partition coefficient (Wildman–Crippen LogP) is 4.76. The van der Waals surface area contributed by atoms with E-state index in [0.717, 1.165) is 0 Å². The van der Waals surface area contributed by atoms with Gasteiger partial charge >= 0.3 is 20.2 Å². The zero-order valence-corrected chi connectivity index (χ0v) is 24.0. The van der Waals surface area contributed by atoms with Crippen LogP contribution in [0.3, 0.4) is 0 Å². The lowest BCUT2D eigenvalue weighted by atomic mass is 10.1. The molecule has 0 aliphatic carbocycles. The van der Waals surface area contributed by atoms with E-state index in [2.05, 4.69) is 10.1 Å². The second kappa shape index (κ2) is 17.1. The average Bonchev–Trinajstić information content (AvgIpc) is 3.25. The second-order valence-electron chi connectivity index (χ2n) is 8.17. The van der Waals surface area contributed by atoms with Gasteiger partial charge < -0.3 is 18.5 Å². The zero-order valence-electron chi connectivity index (χ0n) is 23.1. The fraction of sp³-hybridized carbons (Fsp3) is 0.577. The van der Waals surface area contributed by atoms with Crippen LogP contribution >= 0.6 is 8.53 Å². The fourth-order valence-electron chi connectivity index (χ4n) is 3.36. The van der Waals surface area contributed by atoms with Crippen LogP contribution in [-0.2, 0) is 18.8 Å². The molecule has 1 saturated heterocycles. The smallest absolute Gasteiger partial charge is 0.330 e. The predicted molar refractivity (Wildman–Crippen MR) is 145 cm³/mol. The quantitative estimate of drug-likeness (QED) is 0.327. The Labute approximate surface area is 220 Å². The molecule has 37 heavy (non-hydrogen) atoms. The fourth-order valence-corrected chi connectivity index (χ4v) is 4.57. The van der Waals surface area contributed by atoms with E-state index in [9.17, 15) is 14.4 Å². The van der Waals surface area contributed by atoms with Crippen LogP contribution in [0, 0.1) is 5.92 Å². The number of nitrogens with zero attached hydrogens (tertiary/aromatic N) is 1. The van der Waals surface area contributed by atoms with Gasteiger partial charge in [0.1, 0.15) is 18.0 Å². The average molecular weight is 540 g/mol. The van der Waals surface area contributed by atoms with Gasteiger partial charge in [-0.15, -0.1) is 0 Å². The number of carbonyl (C=O) groups excluding carboxylic acids is 1. The van der Waals surface area contributed by atoms with Gasteiger partial charge in [-0.3, -0.25) is 19.1 Å². The highest BCUT2D eigenvalue weighted by atomic mass is 31.2. The summed E-state index contributed by atoms with van der Waals surface area (Å²) < 4.78 is 24.6. The summed E-state index contributed by atoms with van der Waals surface area (Å²) in [6.07, 6.45) is 1.03. The number of nitrogens with one attached hydrogen (secondary N) is 2. The lowest BCUT2D eigenvalue weighted by Crippen LogP contribution is -2.35. The summed E-state index contributed by atoms with van der Waals surface area (Å²) in [6, 6.07) is 9.79. The summed E-state index contributed by atoms with van der Waals surface area (Å²) in [4.78, 5) is 38.0. The molecule has 0 spiro atoms. The van der Waals surface area contributed by atoms with E-state index in [1.165, 1.54) is 16.8 Å². The number of ether oxygens (including phenoxy) is 2. The summed E-state index contributed by atoms with van der Waals surface area (Å²) in [5, 5.41) is 3.06. The van der Waals surface area contributed by atoms with Gasteiger partial charge in [0.15, 0.2) is 0 Å². The summed E-state index contributed by atoms with van der Waals surface area (Å²) in [5.41, 5.74) is -0.976. The van der Waals surface area contributed by atoms with Gasteiger partial charge in [-0.05, 0) is 39.3 Å². The van der Waals surface area contributed by atoms with Crippen molar-refractivity contribution in [2.24, 2.45) is 5.92 Å². The molecule has 0 saturated carbocycles. The van der Waals surface area contributed by atoms with E-state index in [1.807, 2.05) is 52.8 Å². The molecule has 5 atom stereocenters. The van der Waals surface area contributed by atoms with Crippen LogP contribution in [0.5, 0.6) is 5.75 Å². The lowest BCUT2D eigenvalue weighted by molar-refractivity contribution is -0.149. The molecular weight excluding hydrogens is 497 g/mol. The third-order valence-corrected chi connectivity index (χ3v) is 6.25. The first-order valence-electron chi connectivity index (χ1n) is 12.8. The number of hydrogen-bond donors (Lipinski definition) is 2. The molecule has 1 fully saturated rings. The van der Waals surface area contributed by atoms with Crippen LogP contribution in [0.15, 0.2) is 52.2 Å². The molecule has 2 heterocycles. The molecule has 2 aromatic rings. The summed E-state index contributed by atoms with van der Waals surface area (Å²) in [7, 11) is -1.69. The molecule has 0 bridgehead atoms. The molecule has 11 heteroatoms. The molecule has 3 rings (SSSR count). The first kappa shape index (κ1) is 32.5. The number of carbonyl (C=O) groups is 1. The Balaban J connectivity index is 0.00000163. The van der Waals surface area contributed by atoms with Crippen molar-refractivity contribution in [1.29, 1.82) is 0 Å². The van der Waals surface area contributed by atoms with Gasteiger partial charge in [-0.2, -0.15) is 0 Å². The Hall–Kier alpha value is -2.52. The molecular formula is C26H42N3O7P. The molecule has 5 unspecified atom stereocenters. The molecule has 0 radical (unpaired) electrons. The van der Waals surface area contributed by atoms with E-state index in [0.29, 0.717) is 12.2 Å². The maximum Gasteiger partial charge on any atom is 0.330 e. The van der Waals surface area contributed by atoms with Gasteiger partial charge in [-0.1, -0.05) is 52.8 Å². The van der Waals surface area contributed by atoms with Crippen molar-refractivity contribution < 1.29 is 23.3 Å². The maximum absolute atomic E-state index is 12.2. The van der Waals surface area contributed by atoms with Gasteiger partial charge in [-0.25, -0.2) is 9.88 Å². The van der Waals surface area contributed by atoms with E-state index in [1.54, 1.807) is 32.9 Å². The standard InChI is InChI=1S/C22H30N3O7P.2C2H6/c1-14(2)30-21(27)16(4)24-33(32-17-8-6-5-7-9-17)29-13-18-12-15(3)20(31-18)25-11-10-19(26)23-22(25)28;2*1-2/h5-11,14-16,18,20,24H,12-13H2,1-4H3,(H,23,26,28);2*1-2H3. The Morgan fingerprint density at radius 2 is 1.78 bits per heavy atom. The summed E-state index contributed by atoms with van der Waals surface area (Å²) >= 11 is 0. The minimum absolute atomic E-state index is 0.0244. The largest absolute Gasteiger partial charge is 0.462 e. The third-order valence-electron chi connectivity index (χ3n) is 4.89.